The minimum absolute atomic E-state index is 0.105. The standard InChI is InChI=1S/C26H20N4O4S/c1-17-7-9-22(10-8-17)35(33,34)30-16-24(25(31)18-4-2-6-21(12-18)29-32)23-13-20(15-28-26(23)30)19-5-3-11-27-14-19/h2-15,24H,16H2,1H3. The third-order valence-electron chi connectivity index (χ3n) is 6.01. The second-order valence-electron chi connectivity index (χ2n) is 8.29. The monoisotopic (exact) mass is 484 g/mol. The lowest BCUT2D eigenvalue weighted by atomic mass is 9.92. The number of hydrogen-bond acceptors (Lipinski definition) is 7. The van der Waals surface area contributed by atoms with E-state index in [1.54, 1.807) is 67.1 Å². The van der Waals surface area contributed by atoms with Crippen molar-refractivity contribution in [2.45, 2.75) is 17.7 Å². The van der Waals surface area contributed by atoms with E-state index in [1.807, 2.05) is 13.0 Å². The maximum atomic E-state index is 13.6. The second kappa shape index (κ2) is 8.84. The molecule has 0 amide bonds. The first kappa shape index (κ1) is 22.5. The van der Waals surface area contributed by atoms with Crippen molar-refractivity contribution in [2.24, 2.45) is 5.18 Å². The molecule has 3 heterocycles. The number of benzene rings is 2. The van der Waals surface area contributed by atoms with E-state index in [4.69, 9.17) is 0 Å². The molecule has 0 saturated carbocycles. The quantitative estimate of drug-likeness (QED) is 0.281. The number of nitroso groups, excluding NO2 is 1. The Bertz CT molecular complexity index is 1540. The van der Waals surface area contributed by atoms with E-state index in [-0.39, 0.29) is 34.3 Å². The minimum Gasteiger partial charge on any atom is -0.293 e. The van der Waals surface area contributed by atoms with Crippen molar-refractivity contribution < 1.29 is 13.2 Å². The highest BCUT2D eigenvalue weighted by Crippen LogP contribution is 2.41. The molecule has 1 aliphatic heterocycles. The van der Waals surface area contributed by atoms with Gasteiger partial charge in [-0.25, -0.2) is 17.7 Å². The van der Waals surface area contributed by atoms with Gasteiger partial charge in [-0.15, -0.1) is 4.91 Å². The smallest absolute Gasteiger partial charge is 0.265 e. The molecule has 8 nitrogen and oxygen atoms in total. The molecule has 0 saturated heterocycles. The van der Waals surface area contributed by atoms with Gasteiger partial charge in [-0.1, -0.05) is 35.9 Å². The van der Waals surface area contributed by atoms with Gasteiger partial charge in [0.2, 0.25) is 0 Å². The fourth-order valence-corrected chi connectivity index (χ4v) is 5.63. The van der Waals surface area contributed by atoms with Crippen LogP contribution in [0, 0.1) is 11.8 Å². The maximum Gasteiger partial charge on any atom is 0.265 e. The van der Waals surface area contributed by atoms with Crippen molar-refractivity contribution in [1.29, 1.82) is 0 Å². The Morgan fingerprint density at radius 1 is 1.00 bits per heavy atom. The van der Waals surface area contributed by atoms with Crippen LogP contribution in [0.4, 0.5) is 11.5 Å². The van der Waals surface area contributed by atoms with Gasteiger partial charge in [0, 0.05) is 40.8 Å². The lowest BCUT2D eigenvalue weighted by molar-refractivity contribution is 0.0966. The van der Waals surface area contributed by atoms with E-state index in [2.05, 4.69) is 15.1 Å². The minimum atomic E-state index is -3.97. The summed E-state index contributed by atoms with van der Waals surface area (Å²) in [6.07, 6.45) is 4.91. The van der Waals surface area contributed by atoms with E-state index in [1.165, 1.54) is 16.4 Å². The number of carbonyl (C=O) groups excluding carboxylic acids is 1. The van der Waals surface area contributed by atoms with Crippen LogP contribution in [0.25, 0.3) is 11.1 Å². The maximum absolute atomic E-state index is 13.6. The number of aromatic nitrogens is 2. The highest BCUT2D eigenvalue weighted by atomic mass is 32.2. The van der Waals surface area contributed by atoms with E-state index in [9.17, 15) is 18.1 Å². The van der Waals surface area contributed by atoms with Crippen LogP contribution in [-0.4, -0.2) is 30.7 Å². The van der Waals surface area contributed by atoms with E-state index in [0.717, 1.165) is 11.1 Å². The molecule has 2 aromatic carbocycles. The molecule has 0 N–H and O–H groups in total. The van der Waals surface area contributed by atoms with Crippen molar-refractivity contribution >= 4 is 27.3 Å². The van der Waals surface area contributed by atoms with Gasteiger partial charge in [-0.2, -0.15) is 0 Å². The molecule has 1 aliphatic rings. The lowest BCUT2D eigenvalue weighted by Crippen LogP contribution is -2.31. The number of anilines is 1. The lowest BCUT2D eigenvalue weighted by Gasteiger charge is -2.19. The molecular weight excluding hydrogens is 464 g/mol. The van der Waals surface area contributed by atoms with Crippen LogP contribution < -0.4 is 4.31 Å². The number of carbonyl (C=O) groups is 1. The average Bonchev–Trinajstić information content (AvgIpc) is 3.29. The van der Waals surface area contributed by atoms with E-state index in [0.29, 0.717) is 11.1 Å². The molecule has 174 valence electrons. The van der Waals surface area contributed by atoms with Crippen LogP contribution in [0.15, 0.2) is 95.4 Å². The number of hydrogen-bond donors (Lipinski definition) is 0. The van der Waals surface area contributed by atoms with Crippen LogP contribution in [0.5, 0.6) is 0 Å². The van der Waals surface area contributed by atoms with Gasteiger partial charge in [0.05, 0.1) is 17.4 Å². The Morgan fingerprint density at radius 3 is 2.51 bits per heavy atom. The first-order chi connectivity index (χ1) is 16.9. The number of rotatable bonds is 6. The van der Waals surface area contributed by atoms with Gasteiger partial charge in [0.1, 0.15) is 11.5 Å². The number of aryl methyl sites for hydroxylation is 1. The zero-order chi connectivity index (χ0) is 24.6. The fraction of sp³-hybridized carbons (Fsp3) is 0.115. The molecule has 35 heavy (non-hydrogen) atoms. The van der Waals surface area contributed by atoms with Crippen molar-refractivity contribution in [1.82, 2.24) is 9.97 Å². The molecule has 1 atom stereocenters. The molecule has 0 spiro atoms. The summed E-state index contributed by atoms with van der Waals surface area (Å²) >= 11 is 0. The van der Waals surface area contributed by atoms with Crippen molar-refractivity contribution in [3.05, 3.63) is 107 Å². The third-order valence-corrected chi connectivity index (χ3v) is 7.78. The zero-order valence-corrected chi connectivity index (χ0v) is 19.5. The summed E-state index contributed by atoms with van der Waals surface area (Å²) in [7, 11) is -3.97. The molecule has 0 radical (unpaired) electrons. The van der Waals surface area contributed by atoms with Gasteiger partial charge in [0.15, 0.2) is 5.78 Å². The number of ketones is 1. The SMILES string of the molecule is Cc1ccc(S(=O)(=O)N2CC(C(=O)c3cccc(N=O)c3)c3cc(-c4cccnc4)cnc32)cc1. The largest absolute Gasteiger partial charge is 0.293 e. The average molecular weight is 485 g/mol. The first-order valence-corrected chi connectivity index (χ1v) is 12.3. The summed E-state index contributed by atoms with van der Waals surface area (Å²) in [6.45, 7) is 1.77. The van der Waals surface area contributed by atoms with Gasteiger partial charge in [-0.05, 0) is 48.5 Å². The molecule has 1 unspecified atom stereocenters. The summed E-state index contributed by atoms with van der Waals surface area (Å²) in [5.74, 6) is -0.916. The second-order valence-corrected chi connectivity index (χ2v) is 10.1. The third kappa shape index (κ3) is 4.10. The van der Waals surface area contributed by atoms with Crippen LogP contribution in [0.3, 0.4) is 0 Å². The highest BCUT2D eigenvalue weighted by Gasteiger charge is 2.41. The number of Topliss-reactive ketones (excluding diaryl/α,β-unsaturated/α-hetero) is 1. The predicted octanol–water partition coefficient (Wildman–Crippen LogP) is 5.03. The fourth-order valence-electron chi connectivity index (χ4n) is 4.17. The Morgan fingerprint density at radius 2 is 1.80 bits per heavy atom. The summed E-state index contributed by atoms with van der Waals surface area (Å²) < 4.78 is 28.3. The molecule has 0 bridgehead atoms. The summed E-state index contributed by atoms with van der Waals surface area (Å²) in [6, 6.07) is 18.1. The normalized spacial score (nSPS) is 15.0. The van der Waals surface area contributed by atoms with Gasteiger partial charge < -0.3 is 0 Å². The number of fused-ring (bicyclic) bond motifs is 1. The predicted molar refractivity (Wildman–Crippen MR) is 132 cm³/mol. The highest BCUT2D eigenvalue weighted by molar-refractivity contribution is 7.92. The Hall–Kier alpha value is -4.24. The van der Waals surface area contributed by atoms with Crippen LogP contribution in [0.1, 0.15) is 27.4 Å². The van der Waals surface area contributed by atoms with Crippen LogP contribution >= 0.6 is 0 Å². The van der Waals surface area contributed by atoms with Crippen LogP contribution in [0.2, 0.25) is 0 Å². The number of sulfonamides is 1. The zero-order valence-electron chi connectivity index (χ0n) is 18.7. The molecule has 2 aromatic heterocycles. The van der Waals surface area contributed by atoms with Gasteiger partial charge in [-0.3, -0.25) is 9.78 Å². The Balaban J connectivity index is 1.63. The topological polar surface area (TPSA) is 110 Å². The number of pyridine rings is 2. The first-order valence-electron chi connectivity index (χ1n) is 10.9. The summed E-state index contributed by atoms with van der Waals surface area (Å²) in [4.78, 5) is 33.3. The van der Waals surface area contributed by atoms with Crippen molar-refractivity contribution in [2.75, 3.05) is 10.8 Å². The van der Waals surface area contributed by atoms with Gasteiger partial charge in [0.25, 0.3) is 10.0 Å². The Labute approximate surface area is 202 Å². The summed E-state index contributed by atoms with van der Waals surface area (Å²) in [5.41, 5.74) is 3.34. The van der Waals surface area contributed by atoms with E-state index >= 15 is 0 Å². The van der Waals surface area contributed by atoms with Crippen molar-refractivity contribution in [3.63, 3.8) is 0 Å². The molecule has 0 aliphatic carbocycles. The van der Waals surface area contributed by atoms with E-state index < -0.39 is 15.9 Å². The van der Waals surface area contributed by atoms with Crippen LogP contribution in [-0.2, 0) is 10.0 Å². The van der Waals surface area contributed by atoms with Crippen molar-refractivity contribution in [3.8, 4) is 11.1 Å². The van der Waals surface area contributed by atoms with Gasteiger partial charge >= 0.3 is 0 Å². The molecule has 4 aromatic rings. The molecule has 5 rings (SSSR count). The number of nitrogens with zero attached hydrogens (tertiary/aromatic N) is 4. The summed E-state index contributed by atoms with van der Waals surface area (Å²) in [5, 5.41) is 2.91. The molecule has 0 fully saturated rings. The Kier molecular flexibility index (Phi) is 5.70. The molecular formula is C26H20N4O4S. The molecule has 9 heteroatoms.